The molecule has 0 unspecified atom stereocenters. The van der Waals surface area contributed by atoms with E-state index in [-0.39, 0.29) is 49.1 Å². The fraction of sp³-hybridized carbons (Fsp3) is 0.553. The standard InChI is InChI=1S/C47H71N7O9/c1-29(2)36(25-31(5)63-28-55)53(11)39(46(6,7)8)42(58)52-43(59)40(47(9,10)34-18-14-13-15-19-34)54(12)45(61)62-27-32-20-22-35(23-21-32)51-41(57)33(17-16-24-50-44(49)60)26-37(56)38(48)30(3)4/h13-15,18-23,25,28-30,33,36,38-40H,16-17,24,26-27,48H2,1-12H3,(H,51,57)(H3,49,50,60)(H,52,58,59)/b31-25+/t33-,36-,38+,39-,40-/m1/s1. The molecule has 5 atom stereocenters. The van der Waals surface area contributed by atoms with Crippen molar-refractivity contribution in [1.29, 1.82) is 0 Å². The van der Waals surface area contributed by atoms with Crippen LogP contribution >= 0.6 is 0 Å². The second-order valence-corrected chi connectivity index (χ2v) is 18.4. The van der Waals surface area contributed by atoms with Gasteiger partial charge in [0.1, 0.15) is 18.4 Å². The number of primary amides is 1. The molecule has 0 radical (unpaired) electrons. The first-order valence-corrected chi connectivity index (χ1v) is 21.3. The van der Waals surface area contributed by atoms with E-state index in [9.17, 15) is 33.6 Å². The van der Waals surface area contributed by atoms with Gasteiger partial charge in [0.15, 0.2) is 5.78 Å². The molecule has 0 aliphatic rings. The van der Waals surface area contributed by atoms with Crippen LogP contribution in [0.15, 0.2) is 66.4 Å². The number of benzene rings is 2. The first kappa shape index (κ1) is 53.5. The Morgan fingerprint density at radius 2 is 1.41 bits per heavy atom. The lowest BCUT2D eigenvalue weighted by molar-refractivity contribution is -0.140. The normalized spacial score (nSPS) is 14.5. The van der Waals surface area contributed by atoms with Crippen molar-refractivity contribution in [3.05, 3.63) is 77.6 Å². The Kier molecular flexibility index (Phi) is 20.6. The maximum Gasteiger partial charge on any atom is 0.410 e. The van der Waals surface area contributed by atoms with Crippen LogP contribution in [0.25, 0.3) is 0 Å². The lowest BCUT2D eigenvalue weighted by atomic mass is 9.76. The number of ether oxygens (including phenoxy) is 2. The van der Waals surface area contributed by atoms with E-state index in [0.29, 0.717) is 36.3 Å². The molecule has 0 saturated carbocycles. The molecule has 0 bridgehead atoms. The van der Waals surface area contributed by atoms with Crippen molar-refractivity contribution in [1.82, 2.24) is 20.4 Å². The number of rotatable bonds is 23. The summed E-state index contributed by atoms with van der Waals surface area (Å²) < 4.78 is 10.8. The molecule has 0 saturated heterocycles. The fourth-order valence-electron chi connectivity index (χ4n) is 7.69. The molecule has 348 valence electrons. The Hall–Kier alpha value is -5.61. The van der Waals surface area contributed by atoms with Gasteiger partial charge in [-0.1, -0.05) is 105 Å². The van der Waals surface area contributed by atoms with E-state index in [2.05, 4.69) is 16.0 Å². The Bertz CT molecular complexity index is 1890. The van der Waals surface area contributed by atoms with Crippen LogP contribution in [0.4, 0.5) is 15.3 Å². The number of likely N-dealkylation sites (N-methyl/N-ethyl adjacent to an activating group) is 2. The minimum Gasteiger partial charge on any atom is -0.445 e. The molecule has 6 amide bonds. The molecule has 16 heteroatoms. The van der Waals surface area contributed by atoms with Gasteiger partial charge in [-0.3, -0.25) is 39.1 Å². The highest BCUT2D eigenvalue weighted by atomic mass is 16.6. The first-order chi connectivity index (χ1) is 29.3. The van der Waals surface area contributed by atoms with Gasteiger partial charge in [0, 0.05) is 43.1 Å². The average molecular weight is 878 g/mol. The molecule has 0 aliphatic heterocycles. The lowest BCUT2D eigenvalue weighted by Gasteiger charge is -2.42. The third-order valence-corrected chi connectivity index (χ3v) is 11.2. The van der Waals surface area contributed by atoms with Gasteiger partial charge in [-0.25, -0.2) is 9.59 Å². The Labute approximate surface area is 373 Å². The van der Waals surface area contributed by atoms with Crippen molar-refractivity contribution in [3.63, 3.8) is 0 Å². The Morgan fingerprint density at radius 1 is 0.825 bits per heavy atom. The van der Waals surface area contributed by atoms with Crippen LogP contribution < -0.4 is 27.4 Å². The second-order valence-electron chi connectivity index (χ2n) is 18.4. The van der Waals surface area contributed by atoms with E-state index in [1.165, 1.54) is 11.9 Å². The number of hydrogen-bond donors (Lipinski definition) is 5. The molecule has 0 fully saturated rings. The molecule has 0 heterocycles. The molecule has 0 aliphatic carbocycles. The van der Waals surface area contributed by atoms with Gasteiger partial charge < -0.3 is 31.6 Å². The van der Waals surface area contributed by atoms with Crippen LogP contribution in [0.5, 0.6) is 0 Å². The van der Waals surface area contributed by atoms with E-state index in [1.54, 1.807) is 44.3 Å². The van der Waals surface area contributed by atoms with Gasteiger partial charge in [-0.05, 0) is 73.4 Å². The summed E-state index contributed by atoms with van der Waals surface area (Å²) in [5, 5.41) is 7.97. The summed E-state index contributed by atoms with van der Waals surface area (Å²) in [7, 11) is 3.23. The Morgan fingerprint density at radius 3 is 1.94 bits per heavy atom. The third kappa shape index (κ3) is 16.2. The molecular weight excluding hydrogens is 807 g/mol. The molecule has 0 spiro atoms. The zero-order valence-electron chi connectivity index (χ0n) is 39.2. The molecular formula is C47H71N7O9. The van der Waals surface area contributed by atoms with E-state index in [4.69, 9.17) is 20.9 Å². The number of hydrogen-bond acceptors (Lipinski definition) is 11. The van der Waals surface area contributed by atoms with E-state index < -0.39 is 58.8 Å². The summed E-state index contributed by atoms with van der Waals surface area (Å²) in [4.78, 5) is 94.0. The zero-order valence-corrected chi connectivity index (χ0v) is 39.2. The molecule has 0 aromatic heterocycles. The highest BCUT2D eigenvalue weighted by Gasteiger charge is 2.45. The minimum absolute atomic E-state index is 0.00711. The molecule has 2 rings (SSSR count). The topological polar surface area (TPSA) is 233 Å². The number of nitrogens with zero attached hydrogens (tertiary/aromatic N) is 2. The lowest BCUT2D eigenvalue weighted by Crippen LogP contribution is -2.62. The summed E-state index contributed by atoms with van der Waals surface area (Å²) in [6.07, 6.45) is 1.60. The predicted molar refractivity (Wildman–Crippen MR) is 243 cm³/mol. The number of nitrogens with one attached hydrogen (secondary N) is 3. The highest BCUT2D eigenvalue weighted by Crippen LogP contribution is 2.32. The van der Waals surface area contributed by atoms with Crippen LogP contribution in [0.2, 0.25) is 0 Å². The Balaban J connectivity index is 2.33. The number of amides is 6. The number of allylic oxidation sites excluding steroid dienone is 1. The number of nitrogens with two attached hydrogens (primary N) is 2. The van der Waals surface area contributed by atoms with Gasteiger partial charge in [0.25, 0.3) is 6.47 Å². The highest BCUT2D eigenvalue weighted by molar-refractivity contribution is 6.02. The number of imide groups is 1. The zero-order chi connectivity index (χ0) is 47.8. The first-order valence-electron chi connectivity index (χ1n) is 21.3. The van der Waals surface area contributed by atoms with Crippen molar-refractivity contribution in [3.8, 4) is 0 Å². The summed E-state index contributed by atoms with van der Waals surface area (Å²) in [6.45, 7) is 19.0. The molecule has 2 aromatic carbocycles. The average Bonchev–Trinajstić information content (AvgIpc) is 3.19. The summed E-state index contributed by atoms with van der Waals surface area (Å²) in [5.74, 6) is -2.34. The maximum absolute atomic E-state index is 14.5. The summed E-state index contributed by atoms with van der Waals surface area (Å²) >= 11 is 0. The number of ketones is 1. The predicted octanol–water partition coefficient (Wildman–Crippen LogP) is 5.64. The van der Waals surface area contributed by atoms with Gasteiger partial charge >= 0.3 is 12.1 Å². The smallest absolute Gasteiger partial charge is 0.410 e. The van der Waals surface area contributed by atoms with E-state index in [0.717, 1.165) is 5.56 Å². The number of Topliss-reactive ketones (excluding diaryl/α,β-unsaturated/α-hetero) is 1. The van der Waals surface area contributed by atoms with Gasteiger partial charge in [0.05, 0.1) is 12.1 Å². The minimum atomic E-state index is -1.22. The summed E-state index contributed by atoms with van der Waals surface area (Å²) in [5.41, 5.74) is 11.3. The third-order valence-electron chi connectivity index (χ3n) is 11.2. The molecule has 63 heavy (non-hydrogen) atoms. The van der Waals surface area contributed by atoms with Crippen LogP contribution in [-0.2, 0) is 45.5 Å². The van der Waals surface area contributed by atoms with Gasteiger partial charge in [-0.2, -0.15) is 0 Å². The van der Waals surface area contributed by atoms with Crippen molar-refractivity contribution in [2.45, 2.75) is 125 Å². The van der Waals surface area contributed by atoms with Gasteiger partial charge in [-0.15, -0.1) is 0 Å². The van der Waals surface area contributed by atoms with Crippen LogP contribution in [-0.4, -0.2) is 96.7 Å². The number of carbonyl (C=O) groups is 7. The summed E-state index contributed by atoms with van der Waals surface area (Å²) in [6, 6.07) is 12.0. The van der Waals surface area contributed by atoms with Crippen LogP contribution in [0, 0.1) is 23.2 Å². The molecule has 2 aromatic rings. The van der Waals surface area contributed by atoms with Crippen molar-refractivity contribution >= 4 is 47.8 Å². The van der Waals surface area contributed by atoms with Crippen LogP contribution in [0.3, 0.4) is 0 Å². The number of anilines is 1. The molecule has 16 nitrogen and oxygen atoms in total. The van der Waals surface area contributed by atoms with Gasteiger partial charge in [0.2, 0.25) is 17.7 Å². The van der Waals surface area contributed by atoms with Crippen LogP contribution in [0.1, 0.15) is 99.6 Å². The largest absolute Gasteiger partial charge is 0.445 e. The van der Waals surface area contributed by atoms with Crippen molar-refractivity contribution < 1.29 is 43.0 Å². The fourth-order valence-corrected chi connectivity index (χ4v) is 7.69. The van der Waals surface area contributed by atoms with E-state index in [1.807, 2.05) is 97.5 Å². The van der Waals surface area contributed by atoms with Crippen molar-refractivity contribution in [2.24, 2.45) is 34.6 Å². The molecule has 7 N–H and O–H groups in total. The maximum atomic E-state index is 14.5. The second kappa shape index (κ2) is 24.3. The van der Waals surface area contributed by atoms with Crippen molar-refractivity contribution in [2.75, 3.05) is 26.0 Å². The SMILES string of the molecule is C/C(=C\[C@H](C(C)C)N(C)[C@H](C(=O)NC(=O)[C@@H](N(C)C(=O)OCc1ccc(NC(=O)[C@H](CCCNC(N)=O)CC(=O)[C@@H](N)C(C)C)cc1)C(C)(C)c1ccccc1)C(C)(C)C)OC=O. The number of urea groups is 1. The monoisotopic (exact) mass is 878 g/mol. The quantitative estimate of drug-likeness (QED) is 0.0521. The number of carbonyl (C=O) groups excluding carboxylic acids is 7. The van der Waals surface area contributed by atoms with E-state index >= 15 is 0 Å².